The molecule has 0 aromatic heterocycles. The average molecular weight is 206 g/mol. The van der Waals surface area contributed by atoms with Gasteiger partial charge in [-0.25, -0.2) is 4.79 Å². The number of amides is 2. The van der Waals surface area contributed by atoms with Gasteiger partial charge in [0.15, 0.2) is 0 Å². The second-order valence-corrected chi connectivity index (χ2v) is 3.22. The van der Waals surface area contributed by atoms with Crippen molar-refractivity contribution in [2.75, 3.05) is 14.1 Å². The maximum absolute atomic E-state index is 11.3. The van der Waals surface area contributed by atoms with Gasteiger partial charge in [-0.15, -0.1) is 0 Å². The fourth-order valence-electron chi connectivity index (χ4n) is 1.76. The second-order valence-electron chi connectivity index (χ2n) is 3.22. The van der Waals surface area contributed by atoms with Gasteiger partial charge in [0, 0.05) is 14.1 Å². The Labute approximate surface area is 86.4 Å². The normalized spacial score (nSPS) is 25.4. The summed E-state index contributed by atoms with van der Waals surface area (Å²) in [5.41, 5.74) is 0. The Morgan fingerprint density at radius 1 is 1.21 bits per heavy atom. The Kier molecular flexibility index (Phi) is 7.41. The summed E-state index contributed by atoms with van der Waals surface area (Å²) in [6, 6.07) is 0.898. The summed E-state index contributed by atoms with van der Waals surface area (Å²) in [6.45, 7) is 8.21. The lowest BCUT2D eigenvalue weighted by Gasteiger charge is -2.19. The van der Waals surface area contributed by atoms with Crippen LogP contribution in [0, 0.1) is 0 Å². The van der Waals surface area contributed by atoms with Crippen molar-refractivity contribution < 1.29 is 9.50 Å². The summed E-state index contributed by atoms with van der Waals surface area (Å²) in [5, 5.41) is 0. The van der Waals surface area contributed by atoms with E-state index >= 15 is 0 Å². The van der Waals surface area contributed by atoms with Crippen LogP contribution in [-0.2, 0) is 0 Å². The van der Waals surface area contributed by atoms with E-state index < -0.39 is 0 Å². The summed E-state index contributed by atoms with van der Waals surface area (Å²) in [6.07, 6.45) is 1.04. The van der Waals surface area contributed by atoms with Crippen LogP contribution in [0.3, 0.4) is 0 Å². The van der Waals surface area contributed by atoms with Crippen LogP contribution in [0.5, 0.6) is 0 Å². The first-order chi connectivity index (χ1) is 6.09. The number of halogens is 1. The Bertz CT molecular complexity index is 176. The molecule has 3 nitrogen and oxygen atoms in total. The first kappa shape index (κ1) is 15.7. The van der Waals surface area contributed by atoms with E-state index in [4.69, 9.17) is 0 Å². The third-order valence-corrected chi connectivity index (χ3v) is 2.69. The third kappa shape index (κ3) is 2.59. The standard InChI is InChI=1S/C8H16N2O.C2H6.FH/c1-5-7-6(2)9(3)8(11)10(7)4;1-2;/h6-7H,5H2,1-4H3;1-2H3;1H. The van der Waals surface area contributed by atoms with Crippen molar-refractivity contribution in [1.82, 2.24) is 9.80 Å². The van der Waals surface area contributed by atoms with Crippen LogP contribution in [0.1, 0.15) is 34.1 Å². The van der Waals surface area contributed by atoms with Crippen molar-refractivity contribution in [3.05, 3.63) is 0 Å². The molecular formula is C10H23FN2O. The molecule has 1 aliphatic heterocycles. The molecule has 86 valence electrons. The summed E-state index contributed by atoms with van der Waals surface area (Å²) in [5.74, 6) is 0. The van der Waals surface area contributed by atoms with Gasteiger partial charge in [0.1, 0.15) is 0 Å². The number of hydrogen-bond acceptors (Lipinski definition) is 1. The highest BCUT2D eigenvalue weighted by molar-refractivity contribution is 5.77. The molecular weight excluding hydrogens is 183 g/mol. The number of nitrogens with zero attached hydrogens (tertiary/aromatic N) is 2. The summed E-state index contributed by atoms with van der Waals surface area (Å²) < 4.78 is 0. The third-order valence-electron chi connectivity index (χ3n) is 2.69. The molecule has 1 fully saturated rings. The topological polar surface area (TPSA) is 23.6 Å². The molecule has 1 rings (SSSR count). The van der Waals surface area contributed by atoms with Crippen molar-refractivity contribution in [3.8, 4) is 0 Å². The Balaban J connectivity index is 0. The Morgan fingerprint density at radius 2 is 1.64 bits per heavy atom. The minimum atomic E-state index is 0. The number of hydrogen-bond donors (Lipinski definition) is 0. The van der Waals surface area contributed by atoms with Gasteiger partial charge in [-0.2, -0.15) is 0 Å². The van der Waals surface area contributed by atoms with Gasteiger partial charge in [0.2, 0.25) is 0 Å². The Hall–Kier alpha value is -0.800. The molecule has 1 saturated heterocycles. The smallest absolute Gasteiger partial charge is 0.320 e. The molecule has 1 heterocycles. The van der Waals surface area contributed by atoms with Crippen LogP contribution >= 0.6 is 0 Å². The van der Waals surface area contributed by atoms with Crippen molar-refractivity contribution in [2.45, 2.75) is 46.2 Å². The molecule has 2 atom stereocenters. The fraction of sp³-hybridized carbons (Fsp3) is 0.900. The predicted molar refractivity (Wildman–Crippen MR) is 58.3 cm³/mol. The average Bonchev–Trinajstić information content (AvgIpc) is 2.35. The zero-order chi connectivity index (χ0) is 10.6. The number of rotatable bonds is 1. The van der Waals surface area contributed by atoms with E-state index in [2.05, 4.69) is 13.8 Å². The van der Waals surface area contributed by atoms with Crippen LogP contribution in [-0.4, -0.2) is 42.0 Å². The molecule has 0 N–H and O–H groups in total. The van der Waals surface area contributed by atoms with Crippen molar-refractivity contribution in [1.29, 1.82) is 0 Å². The monoisotopic (exact) mass is 206 g/mol. The Morgan fingerprint density at radius 3 is 1.79 bits per heavy atom. The SMILES string of the molecule is CC.CCC1C(C)N(C)C(=O)N1C.F. The molecule has 0 aromatic rings. The van der Waals surface area contributed by atoms with E-state index in [0.717, 1.165) is 6.42 Å². The van der Waals surface area contributed by atoms with E-state index in [1.165, 1.54) is 0 Å². The lowest BCUT2D eigenvalue weighted by Crippen LogP contribution is -2.31. The lowest BCUT2D eigenvalue weighted by atomic mass is 10.1. The zero-order valence-electron chi connectivity index (χ0n) is 10.1. The first-order valence-electron chi connectivity index (χ1n) is 5.09. The molecule has 2 unspecified atom stereocenters. The number of likely N-dealkylation sites (N-methyl/N-ethyl adjacent to an activating group) is 2. The van der Waals surface area contributed by atoms with E-state index in [1.807, 2.05) is 32.8 Å². The van der Waals surface area contributed by atoms with Crippen LogP contribution in [0.15, 0.2) is 0 Å². The van der Waals surface area contributed by atoms with Crippen LogP contribution in [0.4, 0.5) is 9.50 Å². The lowest BCUT2D eigenvalue weighted by molar-refractivity contribution is 0.200. The highest BCUT2D eigenvalue weighted by atomic mass is 19.0. The largest absolute Gasteiger partial charge is 0.323 e. The van der Waals surface area contributed by atoms with E-state index in [-0.39, 0.29) is 10.7 Å². The molecule has 0 aromatic carbocycles. The molecule has 0 saturated carbocycles. The molecule has 4 heteroatoms. The minimum absolute atomic E-state index is 0. The van der Waals surface area contributed by atoms with Crippen LogP contribution in [0.25, 0.3) is 0 Å². The molecule has 0 aliphatic carbocycles. The second kappa shape index (κ2) is 6.62. The van der Waals surface area contributed by atoms with Crippen LogP contribution in [0.2, 0.25) is 0 Å². The maximum atomic E-state index is 11.3. The minimum Gasteiger partial charge on any atom is -0.323 e. The number of carbonyl (C=O) groups excluding carboxylic acids is 1. The van der Waals surface area contributed by atoms with E-state index in [0.29, 0.717) is 12.1 Å². The van der Waals surface area contributed by atoms with Crippen molar-refractivity contribution in [2.24, 2.45) is 0 Å². The molecule has 14 heavy (non-hydrogen) atoms. The van der Waals surface area contributed by atoms with E-state index in [1.54, 1.807) is 4.90 Å². The highest BCUT2D eigenvalue weighted by Crippen LogP contribution is 2.21. The summed E-state index contributed by atoms with van der Waals surface area (Å²) in [7, 11) is 3.73. The van der Waals surface area contributed by atoms with Crippen LogP contribution < -0.4 is 0 Å². The fourth-order valence-corrected chi connectivity index (χ4v) is 1.76. The van der Waals surface area contributed by atoms with Gasteiger partial charge < -0.3 is 9.80 Å². The number of carbonyl (C=O) groups is 1. The molecule has 0 bridgehead atoms. The highest BCUT2D eigenvalue weighted by Gasteiger charge is 2.37. The van der Waals surface area contributed by atoms with Gasteiger partial charge >= 0.3 is 6.03 Å². The van der Waals surface area contributed by atoms with Crippen molar-refractivity contribution >= 4 is 6.03 Å². The quantitative estimate of drug-likeness (QED) is 0.646. The number of urea groups is 1. The first-order valence-corrected chi connectivity index (χ1v) is 5.09. The van der Waals surface area contributed by atoms with Gasteiger partial charge in [0.25, 0.3) is 0 Å². The van der Waals surface area contributed by atoms with Gasteiger partial charge in [-0.05, 0) is 13.3 Å². The molecule has 2 amide bonds. The summed E-state index contributed by atoms with van der Waals surface area (Å²) in [4.78, 5) is 15.0. The molecule has 0 spiro atoms. The van der Waals surface area contributed by atoms with Gasteiger partial charge in [-0.1, -0.05) is 20.8 Å². The van der Waals surface area contributed by atoms with Crippen molar-refractivity contribution in [3.63, 3.8) is 0 Å². The van der Waals surface area contributed by atoms with Gasteiger partial charge in [-0.3, -0.25) is 4.70 Å². The molecule has 1 aliphatic rings. The maximum Gasteiger partial charge on any atom is 0.320 e. The van der Waals surface area contributed by atoms with Gasteiger partial charge in [0.05, 0.1) is 12.1 Å². The van der Waals surface area contributed by atoms with E-state index in [9.17, 15) is 4.79 Å². The zero-order valence-corrected chi connectivity index (χ0v) is 10.1. The predicted octanol–water partition coefficient (Wildman–Crippen LogP) is 2.33. The molecule has 0 radical (unpaired) electrons. The summed E-state index contributed by atoms with van der Waals surface area (Å²) >= 11 is 0.